The molecule has 2 aromatic heterocycles. The van der Waals surface area contributed by atoms with Crippen molar-refractivity contribution in [3.05, 3.63) is 34.0 Å². The summed E-state index contributed by atoms with van der Waals surface area (Å²) in [5.74, 6) is 0.601. The number of carbonyl (C=O) groups excluding carboxylic acids is 1. The van der Waals surface area contributed by atoms with Gasteiger partial charge >= 0.3 is 0 Å². The summed E-state index contributed by atoms with van der Waals surface area (Å²) < 4.78 is 5.07. The Morgan fingerprint density at radius 2 is 2.26 bits per heavy atom. The topological polar surface area (TPSA) is 83.8 Å². The van der Waals surface area contributed by atoms with Gasteiger partial charge < -0.3 is 9.84 Å². The van der Waals surface area contributed by atoms with Gasteiger partial charge in [-0.1, -0.05) is 5.16 Å². The standard InChI is InChI=1S/C13H16N4O2/c1-7-10(8(2)19-17-7)6-14-13(18)12-9-4-3-5-11(9)15-16-12/h3-6H2,1-2H3,(H,14,18)(H,15,16). The zero-order chi connectivity index (χ0) is 13.4. The number of aryl methyl sites for hydroxylation is 3. The predicted molar refractivity (Wildman–Crippen MR) is 67.8 cm³/mol. The Bertz CT molecular complexity index is 607. The molecule has 0 saturated heterocycles. The van der Waals surface area contributed by atoms with Gasteiger partial charge in [0.1, 0.15) is 5.76 Å². The fraction of sp³-hybridized carbons (Fsp3) is 0.462. The van der Waals surface area contributed by atoms with E-state index in [4.69, 9.17) is 4.52 Å². The van der Waals surface area contributed by atoms with E-state index in [1.165, 1.54) is 0 Å². The van der Waals surface area contributed by atoms with Crippen molar-refractivity contribution in [1.29, 1.82) is 0 Å². The molecule has 0 fully saturated rings. The van der Waals surface area contributed by atoms with Crippen LogP contribution in [0.3, 0.4) is 0 Å². The Morgan fingerprint density at radius 3 is 3.00 bits per heavy atom. The number of rotatable bonds is 3. The number of fused-ring (bicyclic) bond motifs is 1. The first-order valence-electron chi connectivity index (χ1n) is 6.43. The van der Waals surface area contributed by atoms with E-state index < -0.39 is 0 Å². The van der Waals surface area contributed by atoms with Crippen LogP contribution in [0.1, 0.15) is 45.2 Å². The number of aromatic amines is 1. The van der Waals surface area contributed by atoms with Crippen molar-refractivity contribution in [3.63, 3.8) is 0 Å². The summed E-state index contributed by atoms with van der Waals surface area (Å²) in [7, 11) is 0. The first kappa shape index (κ1) is 12.0. The zero-order valence-electron chi connectivity index (χ0n) is 11.0. The molecule has 0 atom stereocenters. The third-order valence-electron chi connectivity index (χ3n) is 3.63. The second-order valence-corrected chi connectivity index (χ2v) is 4.87. The highest BCUT2D eigenvalue weighted by Crippen LogP contribution is 2.22. The maximum Gasteiger partial charge on any atom is 0.272 e. The van der Waals surface area contributed by atoms with Crippen molar-refractivity contribution in [2.24, 2.45) is 0 Å². The smallest absolute Gasteiger partial charge is 0.272 e. The summed E-state index contributed by atoms with van der Waals surface area (Å²) >= 11 is 0. The summed E-state index contributed by atoms with van der Waals surface area (Å²) in [6.45, 7) is 4.12. The first-order chi connectivity index (χ1) is 9.16. The highest BCUT2D eigenvalue weighted by Gasteiger charge is 2.23. The van der Waals surface area contributed by atoms with Gasteiger partial charge in [-0.25, -0.2) is 0 Å². The van der Waals surface area contributed by atoms with E-state index in [0.29, 0.717) is 12.2 Å². The van der Waals surface area contributed by atoms with Crippen molar-refractivity contribution in [3.8, 4) is 0 Å². The second-order valence-electron chi connectivity index (χ2n) is 4.87. The quantitative estimate of drug-likeness (QED) is 0.874. The molecule has 3 rings (SSSR count). The van der Waals surface area contributed by atoms with Gasteiger partial charge in [0, 0.05) is 23.4 Å². The predicted octanol–water partition coefficient (Wildman–Crippen LogP) is 1.43. The lowest BCUT2D eigenvalue weighted by atomic mass is 10.1. The van der Waals surface area contributed by atoms with Crippen LogP contribution in [0.5, 0.6) is 0 Å². The molecule has 2 N–H and O–H groups in total. The van der Waals surface area contributed by atoms with Crippen molar-refractivity contribution in [1.82, 2.24) is 20.7 Å². The molecule has 100 valence electrons. The lowest BCUT2D eigenvalue weighted by molar-refractivity contribution is 0.0945. The van der Waals surface area contributed by atoms with E-state index in [0.717, 1.165) is 47.5 Å². The summed E-state index contributed by atoms with van der Waals surface area (Å²) in [6.07, 6.45) is 3.01. The Balaban J connectivity index is 1.72. The van der Waals surface area contributed by atoms with Crippen molar-refractivity contribution in [2.45, 2.75) is 39.7 Å². The van der Waals surface area contributed by atoms with Crippen LogP contribution in [-0.2, 0) is 19.4 Å². The van der Waals surface area contributed by atoms with Gasteiger partial charge in [0.15, 0.2) is 5.69 Å². The fourth-order valence-electron chi connectivity index (χ4n) is 2.51. The number of hydrogen-bond acceptors (Lipinski definition) is 4. The average Bonchev–Trinajstić information content (AvgIpc) is 3.04. The molecule has 0 radical (unpaired) electrons. The molecule has 2 heterocycles. The molecule has 6 heteroatoms. The second kappa shape index (κ2) is 4.53. The molecule has 0 bridgehead atoms. The highest BCUT2D eigenvalue weighted by atomic mass is 16.5. The number of nitrogens with one attached hydrogen (secondary N) is 2. The Kier molecular flexibility index (Phi) is 2.85. The summed E-state index contributed by atoms with van der Waals surface area (Å²) in [5, 5.41) is 13.8. The summed E-state index contributed by atoms with van der Waals surface area (Å²) in [5.41, 5.74) is 4.43. The van der Waals surface area contributed by atoms with Crippen LogP contribution in [0.15, 0.2) is 4.52 Å². The molecular formula is C13H16N4O2. The molecule has 0 unspecified atom stereocenters. The van der Waals surface area contributed by atoms with E-state index in [1.807, 2.05) is 13.8 Å². The molecule has 0 aliphatic heterocycles. The number of hydrogen-bond donors (Lipinski definition) is 2. The highest BCUT2D eigenvalue weighted by molar-refractivity contribution is 5.94. The van der Waals surface area contributed by atoms with Crippen LogP contribution in [0.2, 0.25) is 0 Å². The average molecular weight is 260 g/mol. The van der Waals surface area contributed by atoms with E-state index in [9.17, 15) is 4.79 Å². The van der Waals surface area contributed by atoms with Crippen LogP contribution in [0.25, 0.3) is 0 Å². The largest absolute Gasteiger partial charge is 0.361 e. The molecule has 0 saturated carbocycles. The first-order valence-corrected chi connectivity index (χ1v) is 6.43. The minimum Gasteiger partial charge on any atom is -0.361 e. The van der Waals surface area contributed by atoms with E-state index in [-0.39, 0.29) is 5.91 Å². The van der Waals surface area contributed by atoms with Gasteiger partial charge in [0.2, 0.25) is 0 Å². The molecule has 0 spiro atoms. The molecule has 2 aromatic rings. The van der Waals surface area contributed by atoms with Crippen molar-refractivity contribution >= 4 is 5.91 Å². The summed E-state index contributed by atoms with van der Waals surface area (Å²) in [4.78, 5) is 12.1. The molecule has 1 aliphatic carbocycles. The monoisotopic (exact) mass is 260 g/mol. The number of amides is 1. The number of H-pyrrole nitrogens is 1. The zero-order valence-corrected chi connectivity index (χ0v) is 11.0. The van der Waals surface area contributed by atoms with Gasteiger partial charge in [-0.05, 0) is 33.1 Å². The van der Waals surface area contributed by atoms with Crippen LogP contribution >= 0.6 is 0 Å². The van der Waals surface area contributed by atoms with Crippen LogP contribution in [0.4, 0.5) is 0 Å². The normalized spacial score (nSPS) is 13.6. The van der Waals surface area contributed by atoms with Crippen molar-refractivity contribution in [2.75, 3.05) is 0 Å². The van der Waals surface area contributed by atoms with Crippen LogP contribution < -0.4 is 5.32 Å². The number of nitrogens with zero attached hydrogens (tertiary/aromatic N) is 2. The fourth-order valence-corrected chi connectivity index (χ4v) is 2.51. The molecule has 1 aliphatic rings. The molecule has 19 heavy (non-hydrogen) atoms. The van der Waals surface area contributed by atoms with Gasteiger partial charge in [-0.15, -0.1) is 0 Å². The Hall–Kier alpha value is -2.11. The Labute approximate surface area is 110 Å². The van der Waals surface area contributed by atoms with Crippen molar-refractivity contribution < 1.29 is 9.32 Å². The Morgan fingerprint density at radius 1 is 1.42 bits per heavy atom. The summed E-state index contributed by atoms with van der Waals surface area (Å²) in [6, 6.07) is 0. The maximum atomic E-state index is 12.1. The van der Waals surface area contributed by atoms with Gasteiger partial charge in [0.05, 0.1) is 5.69 Å². The van der Waals surface area contributed by atoms with Gasteiger partial charge in [-0.3, -0.25) is 9.89 Å². The molecular weight excluding hydrogens is 244 g/mol. The van der Waals surface area contributed by atoms with E-state index in [2.05, 4.69) is 20.7 Å². The maximum absolute atomic E-state index is 12.1. The SMILES string of the molecule is Cc1noc(C)c1CNC(=O)c1n[nH]c2c1CCC2. The van der Waals surface area contributed by atoms with Gasteiger partial charge in [0.25, 0.3) is 5.91 Å². The minimum absolute atomic E-state index is 0.139. The third-order valence-corrected chi connectivity index (χ3v) is 3.63. The molecule has 0 aromatic carbocycles. The van der Waals surface area contributed by atoms with Crippen LogP contribution in [0, 0.1) is 13.8 Å². The van der Waals surface area contributed by atoms with Gasteiger partial charge in [-0.2, -0.15) is 5.10 Å². The van der Waals surface area contributed by atoms with E-state index >= 15 is 0 Å². The molecule has 1 amide bonds. The number of carbonyl (C=O) groups is 1. The third kappa shape index (κ3) is 2.03. The van der Waals surface area contributed by atoms with Crippen LogP contribution in [-0.4, -0.2) is 21.3 Å². The number of aromatic nitrogens is 3. The minimum atomic E-state index is -0.139. The molecule has 6 nitrogen and oxygen atoms in total. The lowest BCUT2D eigenvalue weighted by Crippen LogP contribution is -2.24. The lowest BCUT2D eigenvalue weighted by Gasteiger charge is -2.03. The van der Waals surface area contributed by atoms with E-state index in [1.54, 1.807) is 0 Å².